The van der Waals surface area contributed by atoms with E-state index in [9.17, 15) is 14.5 Å². The summed E-state index contributed by atoms with van der Waals surface area (Å²) in [6.07, 6.45) is 0. The third-order valence-corrected chi connectivity index (χ3v) is 2.74. The van der Waals surface area contributed by atoms with Crippen LogP contribution in [0, 0.1) is 27.3 Å². The number of anilines is 1. The standard InChI is InChI=1S/C14H10FN3O3/c15-11-5-9(7-16)2-4-14(11)21-8-10-1-3-13(18(19)20)12(17)6-10/h1-6H,8,17H2. The normalized spacial score (nSPS) is 9.90. The summed E-state index contributed by atoms with van der Waals surface area (Å²) in [4.78, 5) is 10.1. The van der Waals surface area contributed by atoms with E-state index in [0.29, 0.717) is 5.56 Å². The maximum absolute atomic E-state index is 13.6. The van der Waals surface area contributed by atoms with E-state index >= 15 is 0 Å². The third-order valence-electron chi connectivity index (χ3n) is 2.74. The lowest BCUT2D eigenvalue weighted by Crippen LogP contribution is -2.01. The molecular formula is C14H10FN3O3. The van der Waals surface area contributed by atoms with Gasteiger partial charge in [-0.15, -0.1) is 0 Å². The number of nitro benzene ring substituents is 1. The fraction of sp³-hybridized carbons (Fsp3) is 0.0714. The number of hydrogen-bond donors (Lipinski definition) is 1. The van der Waals surface area contributed by atoms with Crippen molar-refractivity contribution in [2.45, 2.75) is 6.61 Å². The summed E-state index contributed by atoms with van der Waals surface area (Å²) in [7, 11) is 0. The fourth-order valence-corrected chi connectivity index (χ4v) is 1.71. The van der Waals surface area contributed by atoms with Crippen molar-refractivity contribution in [2.24, 2.45) is 0 Å². The second kappa shape index (κ2) is 5.88. The molecule has 0 aliphatic carbocycles. The van der Waals surface area contributed by atoms with Crippen LogP contribution in [0.1, 0.15) is 11.1 Å². The number of nitrogen functional groups attached to an aromatic ring is 1. The largest absolute Gasteiger partial charge is 0.486 e. The molecule has 2 N–H and O–H groups in total. The van der Waals surface area contributed by atoms with Crippen LogP contribution in [0.25, 0.3) is 0 Å². The predicted octanol–water partition coefficient (Wildman–Crippen LogP) is 2.77. The Kier molecular flexibility index (Phi) is 4.00. The third kappa shape index (κ3) is 3.25. The van der Waals surface area contributed by atoms with Crippen LogP contribution in [0.5, 0.6) is 5.75 Å². The van der Waals surface area contributed by atoms with E-state index in [1.54, 1.807) is 0 Å². The summed E-state index contributed by atoms with van der Waals surface area (Å²) in [5.41, 5.74) is 6.14. The van der Waals surface area contributed by atoms with Gasteiger partial charge in [-0.1, -0.05) is 0 Å². The molecule has 0 heterocycles. The molecule has 0 fully saturated rings. The number of benzene rings is 2. The van der Waals surface area contributed by atoms with Gasteiger partial charge in [0.1, 0.15) is 12.3 Å². The number of nitro groups is 1. The van der Waals surface area contributed by atoms with Crippen molar-refractivity contribution >= 4 is 11.4 Å². The lowest BCUT2D eigenvalue weighted by Gasteiger charge is -2.08. The van der Waals surface area contributed by atoms with Crippen LogP contribution in [0.3, 0.4) is 0 Å². The number of ether oxygens (including phenoxy) is 1. The molecule has 0 unspecified atom stereocenters. The van der Waals surface area contributed by atoms with Crippen LogP contribution in [0.4, 0.5) is 15.8 Å². The molecule has 106 valence electrons. The fourth-order valence-electron chi connectivity index (χ4n) is 1.71. The van der Waals surface area contributed by atoms with Gasteiger partial charge < -0.3 is 10.5 Å². The summed E-state index contributed by atoms with van der Waals surface area (Å²) in [6.45, 7) is 0.00497. The van der Waals surface area contributed by atoms with Crippen LogP contribution < -0.4 is 10.5 Å². The van der Waals surface area contributed by atoms with Crippen LogP contribution in [-0.4, -0.2) is 4.92 Å². The van der Waals surface area contributed by atoms with Crippen LogP contribution in [0.15, 0.2) is 36.4 Å². The Balaban J connectivity index is 2.12. The number of halogens is 1. The lowest BCUT2D eigenvalue weighted by atomic mass is 10.2. The van der Waals surface area contributed by atoms with Crippen molar-refractivity contribution in [3.8, 4) is 11.8 Å². The minimum absolute atomic E-state index is 0.00497. The van der Waals surface area contributed by atoms with Crippen molar-refractivity contribution in [1.82, 2.24) is 0 Å². The van der Waals surface area contributed by atoms with Gasteiger partial charge in [0.25, 0.3) is 5.69 Å². The molecule has 2 aromatic rings. The van der Waals surface area contributed by atoms with Gasteiger partial charge in [0.15, 0.2) is 11.6 Å². The molecule has 6 nitrogen and oxygen atoms in total. The highest BCUT2D eigenvalue weighted by atomic mass is 19.1. The predicted molar refractivity (Wildman–Crippen MR) is 73.0 cm³/mol. The number of nitrogens with two attached hydrogens (primary N) is 1. The Bertz CT molecular complexity index is 741. The van der Waals surface area contributed by atoms with Gasteiger partial charge in [-0.3, -0.25) is 10.1 Å². The molecule has 0 saturated heterocycles. The average Bonchev–Trinajstić information content (AvgIpc) is 2.45. The van der Waals surface area contributed by atoms with Crippen molar-refractivity contribution in [1.29, 1.82) is 5.26 Å². The van der Waals surface area contributed by atoms with Crippen LogP contribution in [0.2, 0.25) is 0 Å². The summed E-state index contributed by atoms with van der Waals surface area (Å²) < 4.78 is 18.9. The molecule has 21 heavy (non-hydrogen) atoms. The van der Waals surface area contributed by atoms with E-state index in [1.165, 1.54) is 30.3 Å². The minimum atomic E-state index is -0.649. The van der Waals surface area contributed by atoms with E-state index in [1.807, 2.05) is 6.07 Å². The highest BCUT2D eigenvalue weighted by Crippen LogP contribution is 2.24. The van der Waals surface area contributed by atoms with Gasteiger partial charge in [0.2, 0.25) is 0 Å². The molecular weight excluding hydrogens is 277 g/mol. The molecule has 0 atom stereocenters. The zero-order valence-electron chi connectivity index (χ0n) is 10.7. The van der Waals surface area contributed by atoms with E-state index in [-0.39, 0.29) is 29.3 Å². The van der Waals surface area contributed by atoms with Gasteiger partial charge in [-0.05, 0) is 35.9 Å². The Morgan fingerprint density at radius 2 is 2.10 bits per heavy atom. The smallest absolute Gasteiger partial charge is 0.292 e. The zero-order chi connectivity index (χ0) is 15.4. The number of hydrogen-bond acceptors (Lipinski definition) is 5. The van der Waals surface area contributed by atoms with Gasteiger partial charge in [-0.25, -0.2) is 4.39 Å². The topological polar surface area (TPSA) is 102 Å². The van der Waals surface area contributed by atoms with Crippen molar-refractivity contribution < 1.29 is 14.1 Å². The Hall–Kier alpha value is -3.14. The number of rotatable bonds is 4. The van der Waals surface area contributed by atoms with Gasteiger partial charge >= 0.3 is 0 Å². The second-order valence-electron chi connectivity index (χ2n) is 4.20. The quantitative estimate of drug-likeness (QED) is 0.529. The number of nitriles is 1. The molecule has 0 aliphatic rings. The van der Waals surface area contributed by atoms with E-state index in [2.05, 4.69) is 0 Å². The van der Waals surface area contributed by atoms with Crippen molar-refractivity contribution in [2.75, 3.05) is 5.73 Å². The summed E-state index contributed by atoms with van der Waals surface area (Å²) in [5.74, 6) is -0.658. The van der Waals surface area contributed by atoms with E-state index in [4.69, 9.17) is 15.7 Å². The maximum atomic E-state index is 13.6. The van der Waals surface area contributed by atoms with Gasteiger partial charge in [0.05, 0.1) is 16.6 Å². The number of nitrogens with zero attached hydrogens (tertiary/aromatic N) is 2. The van der Waals surface area contributed by atoms with Crippen LogP contribution in [-0.2, 0) is 6.61 Å². The van der Waals surface area contributed by atoms with Gasteiger partial charge in [0, 0.05) is 6.07 Å². The monoisotopic (exact) mass is 287 g/mol. The van der Waals surface area contributed by atoms with E-state index < -0.39 is 10.7 Å². The Labute approximate surface area is 119 Å². The van der Waals surface area contributed by atoms with Gasteiger partial charge in [-0.2, -0.15) is 5.26 Å². The minimum Gasteiger partial charge on any atom is -0.486 e. The Morgan fingerprint density at radius 3 is 2.67 bits per heavy atom. The summed E-state index contributed by atoms with van der Waals surface area (Å²) >= 11 is 0. The molecule has 0 amide bonds. The molecule has 0 saturated carbocycles. The molecule has 7 heteroatoms. The molecule has 0 spiro atoms. The first-order valence-corrected chi connectivity index (χ1v) is 5.86. The van der Waals surface area contributed by atoms with E-state index in [0.717, 1.165) is 6.07 Å². The summed E-state index contributed by atoms with van der Waals surface area (Å²) in [5, 5.41) is 19.3. The van der Waals surface area contributed by atoms with Crippen molar-refractivity contribution in [3.63, 3.8) is 0 Å². The molecule has 0 aliphatic heterocycles. The lowest BCUT2D eigenvalue weighted by molar-refractivity contribution is -0.383. The molecule has 0 radical (unpaired) electrons. The highest BCUT2D eigenvalue weighted by Gasteiger charge is 2.12. The van der Waals surface area contributed by atoms with Crippen molar-refractivity contribution in [3.05, 3.63) is 63.5 Å². The SMILES string of the molecule is N#Cc1ccc(OCc2ccc([N+](=O)[O-])c(N)c2)c(F)c1. The Morgan fingerprint density at radius 1 is 1.33 bits per heavy atom. The van der Waals surface area contributed by atoms with Crippen LogP contribution >= 0.6 is 0 Å². The second-order valence-corrected chi connectivity index (χ2v) is 4.20. The molecule has 2 rings (SSSR count). The highest BCUT2D eigenvalue weighted by molar-refractivity contribution is 5.59. The first-order chi connectivity index (χ1) is 10.0. The molecule has 0 bridgehead atoms. The molecule has 0 aromatic heterocycles. The maximum Gasteiger partial charge on any atom is 0.292 e. The first-order valence-electron chi connectivity index (χ1n) is 5.86. The molecule has 2 aromatic carbocycles. The zero-order valence-corrected chi connectivity index (χ0v) is 10.7. The average molecular weight is 287 g/mol. The summed E-state index contributed by atoms with van der Waals surface area (Å²) in [6, 6.07) is 9.82. The first kappa shape index (κ1) is 14.3.